The molecule has 1 heterocycles. The second-order valence-corrected chi connectivity index (χ2v) is 10.5. The predicted molar refractivity (Wildman–Crippen MR) is 168 cm³/mol. The molecular formula is C30H42N8O9. The molecule has 1 atom stereocenters. The SMILES string of the molecule is CC(=O)NCCNC(=O)OCc1ccc(NC(=O)[C@H](CCCNC(N)=O)NC(=O)CNC(=O)CCCCCN2C(=O)C=CC2=O)cc1. The van der Waals surface area contributed by atoms with Crippen LogP contribution in [0.15, 0.2) is 36.4 Å². The van der Waals surface area contributed by atoms with Gasteiger partial charge in [-0.25, -0.2) is 9.59 Å². The first-order valence-electron chi connectivity index (χ1n) is 15.1. The molecule has 2 rings (SSSR count). The monoisotopic (exact) mass is 658 g/mol. The van der Waals surface area contributed by atoms with Crippen LogP contribution in [0.1, 0.15) is 51.0 Å². The average Bonchev–Trinajstić information content (AvgIpc) is 3.35. The summed E-state index contributed by atoms with van der Waals surface area (Å²) in [6.45, 7) is 1.90. The van der Waals surface area contributed by atoms with Gasteiger partial charge in [-0.1, -0.05) is 18.6 Å². The Balaban J connectivity index is 1.77. The summed E-state index contributed by atoms with van der Waals surface area (Å²) in [7, 11) is 0. The number of ether oxygens (including phenoxy) is 1. The first-order valence-corrected chi connectivity index (χ1v) is 15.1. The number of rotatable bonds is 20. The van der Waals surface area contributed by atoms with Crippen LogP contribution in [0.4, 0.5) is 15.3 Å². The number of amides is 9. The summed E-state index contributed by atoms with van der Waals surface area (Å²) < 4.78 is 5.12. The Hall–Kier alpha value is -5.48. The van der Waals surface area contributed by atoms with Crippen LogP contribution in [0.2, 0.25) is 0 Å². The lowest BCUT2D eigenvalue weighted by Gasteiger charge is -2.19. The second-order valence-electron chi connectivity index (χ2n) is 10.5. The van der Waals surface area contributed by atoms with Gasteiger partial charge in [0.25, 0.3) is 11.8 Å². The number of nitrogens with zero attached hydrogens (tertiary/aromatic N) is 1. The van der Waals surface area contributed by atoms with Crippen molar-refractivity contribution >= 4 is 53.3 Å². The number of carbonyl (C=O) groups excluding carboxylic acids is 8. The maximum atomic E-state index is 13.0. The number of imide groups is 1. The summed E-state index contributed by atoms with van der Waals surface area (Å²) in [6.07, 6.45) is 4.03. The van der Waals surface area contributed by atoms with Crippen LogP contribution >= 0.6 is 0 Å². The van der Waals surface area contributed by atoms with E-state index in [1.54, 1.807) is 24.3 Å². The minimum Gasteiger partial charge on any atom is -0.445 e. The molecule has 8 N–H and O–H groups in total. The molecule has 0 saturated carbocycles. The molecule has 0 aromatic heterocycles. The number of hydrogen-bond donors (Lipinski definition) is 7. The minimum absolute atomic E-state index is 0.0319. The molecule has 0 unspecified atom stereocenters. The fourth-order valence-corrected chi connectivity index (χ4v) is 4.20. The van der Waals surface area contributed by atoms with Crippen molar-refractivity contribution < 1.29 is 43.1 Å². The van der Waals surface area contributed by atoms with Gasteiger partial charge in [-0.2, -0.15) is 0 Å². The molecule has 0 saturated heterocycles. The molecule has 17 nitrogen and oxygen atoms in total. The van der Waals surface area contributed by atoms with E-state index in [1.807, 2.05) is 0 Å². The summed E-state index contributed by atoms with van der Waals surface area (Å²) in [4.78, 5) is 95.7. The number of carbonyl (C=O) groups is 8. The number of primary amides is 1. The normalized spacial score (nSPS) is 12.6. The van der Waals surface area contributed by atoms with Gasteiger partial charge in [0, 0.05) is 57.4 Å². The van der Waals surface area contributed by atoms with Gasteiger partial charge in [0.05, 0.1) is 6.54 Å². The summed E-state index contributed by atoms with van der Waals surface area (Å²) in [6, 6.07) is 4.75. The third kappa shape index (κ3) is 15.9. The highest BCUT2D eigenvalue weighted by molar-refractivity contribution is 6.12. The fourth-order valence-electron chi connectivity index (χ4n) is 4.20. The van der Waals surface area contributed by atoms with Crippen LogP contribution in [-0.2, 0) is 40.1 Å². The first kappa shape index (κ1) is 37.7. The zero-order chi connectivity index (χ0) is 34.6. The average molecular weight is 659 g/mol. The maximum absolute atomic E-state index is 13.0. The van der Waals surface area contributed by atoms with E-state index in [0.717, 1.165) is 4.90 Å². The van der Waals surface area contributed by atoms with E-state index in [1.165, 1.54) is 19.1 Å². The van der Waals surface area contributed by atoms with E-state index >= 15 is 0 Å². The van der Waals surface area contributed by atoms with Gasteiger partial charge in [-0.15, -0.1) is 0 Å². The van der Waals surface area contributed by atoms with Crippen LogP contribution in [0.5, 0.6) is 0 Å². The van der Waals surface area contributed by atoms with E-state index in [9.17, 15) is 38.4 Å². The number of anilines is 1. The third-order valence-electron chi connectivity index (χ3n) is 6.61. The Morgan fingerprint density at radius 2 is 1.49 bits per heavy atom. The van der Waals surface area contributed by atoms with Gasteiger partial charge in [-0.3, -0.25) is 33.7 Å². The zero-order valence-corrected chi connectivity index (χ0v) is 26.2. The van der Waals surface area contributed by atoms with Crippen LogP contribution in [0.25, 0.3) is 0 Å². The highest BCUT2D eigenvalue weighted by Gasteiger charge is 2.23. The van der Waals surface area contributed by atoms with E-state index in [4.69, 9.17) is 10.5 Å². The van der Waals surface area contributed by atoms with Crippen molar-refractivity contribution in [2.45, 2.75) is 58.1 Å². The molecule has 1 aromatic rings. The molecule has 0 fully saturated rings. The molecule has 0 radical (unpaired) electrons. The smallest absolute Gasteiger partial charge is 0.407 e. The quantitative estimate of drug-likeness (QED) is 0.0705. The van der Waals surface area contributed by atoms with Crippen LogP contribution in [0.3, 0.4) is 0 Å². The van der Waals surface area contributed by atoms with Crippen molar-refractivity contribution in [3.8, 4) is 0 Å². The molecule has 0 aliphatic carbocycles. The molecule has 1 aromatic carbocycles. The van der Waals surface area contributed by atoms with E-state index in [2.05, 4.69) is 31.9 Å². The van der Waals surface area contributed by atoms with Crippen molar-refractivity contribution in [3.63, 3.8) is 0 Å². The molecule has 0 spiro atoms. The number of alkyl carbamates (subject to hydrolysis) is 1. The molecular weight excluding hydrogens is 616 g/mol. The van der Waals surface area contributed by atoms with Crippen molar-refractivity contribution in [1.29, 1.82) is 0 Å². The minimum atomic E-state index is -0.997. The topological polar surface area (TPSA) is 247 Å². The Bertz CT molecular complexity index is 1300. The molecule has 17 heteroatoms. The fraction of sp³-hybridized carbons (Fsp3) is 0.467. The largest absolute Gasteiger partial charge is 0.445 e. The Kier molecular flexibility index (Phi) is 16.5. The number of urea groups is 1. The number of unbranched alkanes of at least 4 members (excludes halogenated alkanes) is 2. The van der Waals surface area contributed by atoms with E-state index in [-0.39, 0.29) is 75.8 Å². The van der Waals surface area contributed by atoms with Gasteiger partial charge in [0.1, 0.15) is 12.6 Å². The number of hydrogen-bond acceptors (Lipinski definition) is 9. The standard InChI is InChI=1S/C30H42N8O9/c1-20(39)32-15-16-34-30(46)47-19-21-8-10-22(11-9-21)36-28(44)23(6-5-14-33-29(31)45)37-25(41)18-35-24(40)7-3-2-4-17-38-26(42)12-13-27(38)43/h8-13,23H,2-7,14-19H2,1H3,(H,32,39)(H,34,46)(H,35,40)(H,36,44)(H,37,41)(H3,31,33,45)/t23-/m0/s1. The Morgan fingerprint density at radius 3 is 2.15 bits per heavy atom. The molecule has 1 aliphatic rings. The lowest BCUT2D eigenvalue weighted by Crippen LogP contribution is -2.47. The predicted octanol–water partition coefficient (Wildman–Crippen LogP) is -0.478. The molecule has 47 heavy (non-hydrogen) atoms. The van der Waals surface area contributed by atoms with Crippen LogP contribution in [0, 0.1) is 0 Å². The van der Waals surface area contributed by atoms with Crippen LogP contribution < -0.4 is 37.6 Å². The van der Waals surface area contributed by atoms with Gasteiger partial charge >= 0.3 is 12.1 Å². The summed E-state index contributed by atoms with van der Waals surface area (Å²) in [5.74, 6) is -2.41. The lowest BCUT2D eigenvalue weighted by molar-refractivity contribution is -0.137. The molecule has 9 amide bonds. The Labute approximate surface area is 271 Å². The molecule has 256 valence electrons. The Morgan fingerprint density at radius 1 is 0.809 bits per heavy atom. The molecule has 0 bridgehead atoms. The van der Waals surface area contributed by atoms with Crippen molar-refractivity contribution in [1.82, 2.24) is 31.5 Å². The zero-order valence-electron chi connectivity index (χ0n) is 26.2. The summed E-state index contributed by atoms with van der Waals surface area (Å²) in [5, 5.41) is 15.3. The van der Waals surface area contributed by atoms with Gasteiger partial charge in [0.15, 0.2) is 0 Å². The summed E-state index contributed by atoms with van der Waals surface area (Å²) in [5.41, 5.74) is 6.14. The van der Waals surface area contributed by atoms with E-state index < -0.39 is 30.0 Å². The number of nitrogens with two attached hydrogens (primary N) is 1. The third-order valence-corrected chi connectivity index (χ3v) is 6.61. The van der Waals surface area contributed by atoms with Crippen LogP contribution in [-0.4, -0.2) is 91.2 Å². The highest BCUT2D eigenvalue weighted by Crippen LogP contribution is 2.12. The van der Waals surface area contributed by atoms with Crippen molar-refractivity contribution in [2.24, 2.45) is 5.73 Å². The summed E-state index contributed by atoms with van der Waals surface area (Å²) >= 11 is 0. The molecule has 1 aliphatic heterocycles. The number of benzene rings is 1. The van der Waals surface area contributed by atoms with Crippen molar-refractivity contribution in [2.75, 3.05) is 38.0 Å². The maximum Gasteiger partial charge on any atom is 0.407 e. The second kappa shape index (κ2) is 20.5. The number of nitrogens with one attached hydrogen (secondary N) is 6. The highest BCUT2D eigenvalue weighted by atomic mass is 16.5. The lowest BCUT2D eigenvalue weighted by atomic mass is 10.1. The van der Waals surface area contributed by atoms with Gasteiger partial charge in [-0.05, 0) is 43.4 Å². The van der Waals surface area contributed by atoms with E-state index in [0.29, 0.717) is 36.9 Å². The van der Waals surface area contributed by atoms with Gasteiger partial charge < -0.3 is 42.4 Å². The van der Waals surface area contributed by atoms with Crippen molar-refractivity contribution in [3.05, 3.63) is 42.0 Å². The van der Waals surface area contributed by atoms with Gasteiger partial charge in [0.2, 0.25) is 23.6 Å². The first-order chi connectivity index (χ1) is 22.4.